The lowest BCUT2D eigenvalue weighted by Crippen LogP contribution is -2.08. The van der Waals surface area contributed by atoms with Crippen LogP contribution in [0, 0.1) is 0 Å². The SMILES string of the molecule is COc1ccc(Sc2c(Cl)cc(N)cc2C(F)(F)F)cc1. The molecule has 0 aromatic heterocycles. The average Bonchev–Trinajstić information content (AvgIpc) is 2.41. The zero-order valence-electron chi connectivity index (χ0n) is 10.9. The molecular formula is C14H11ClF3NOS. The molecule has 0 saturated heterocycles. The molecule has 7 heteroatoms. The van der Waals surface area contributed by atoms with Gasteiger partial charge in [0.25, 0.3) is 0 Å². The van der Waals surface area contributed by atoms with Gasteiger partial charge in [0, 0.05) is 15.5 Å². The van der Waals surface area contributed by atoms with E-state index in [1.165, 1.54) is 13.2 Å². The maximum Gasteiger partial charge on any atom is 0.417 e. The third-order valence-corrected chi connectivity index (χ3v) is 4.21. The van der Waals surface area contributed by atoms with Gasteiger partial charge in [-0.3, -0.25) is 0 Å². The molecule has 0 radical (unpaired) electrons. The van der Waals surface area contributed by atoms with Gasteiger partial charge in [0.05, 0.1) is 17.7 Å². The molecule has 112 valence electrons. The minimum Gasteiger partial charge on any atom is -0.497 e. The summed E-state index contributed by atoms with van der Waals surface area (Å²) in [6.07, 6.45) is -4.52. The van der Waals surface area contributed by atoms with E-state index in [2.05, 4.69) is 0 Å². The monoisotopic (exact) mass is 333 g/mol. The first-order valence-electron chi connectivity index (χ1n) is 5.79. The van der Waals surface area contributed by atoms with E-state index >= 15 is 0 Å². The molecule has 0 amide bonds. The van der Waals surface area contributed by atoms with Crippen molar-refractivity contribution in [2.24, 2.45) is 0 Å². The first kappa shape index (κ1) is 15.9. The van der Waals surface area contributed by atoms with Crippen molar-refractivity contribution in [1.82, 2.24) is 0 Å². The Balaban J connectivity index is 2.42. The van der Waals surface area contributed by atoms with Crippen molar-refractivity contribution in [2.75, 3.05) is 12.8 Å². The van der Waals surface area contributed by atoms with Crippen LogP contribution in [0.25, 0.3) is 0 Å². The highest BCUT2D eigenvalue weighted by Crippen LogP contribution is 2.44. The number of nitrogens with two attached hydrogens (primary N) is 1. The maximum absolute atomic E-state index is 13.1. The van der Waals surface area contributed by atoms with Crippen LogP contribution in [0.2, 0.25) is 5.02 Å². The third kappa shape index (κ3) is 3.77. The lowest BCUT2D eigenvalue weighted by Gasteiger charge is -2.15. The molecule has 2 rings (SSSR count). The second-order valence-electron chi connectivity index (χ2n) is 4.15. The smallest absolute Gasteiger partial charge is 0.417 e. The second-order valence-corrected chi connectivity index (χ2v) is 5.65. The molecule has 2 aromatic rings. The summed E-state index contributed by atoms with van der Waals surface area (Å²) in [6, 6.07) is 8.86. The predicted octanol–water partition coefficient (Wildman–Crippen LogP) is 5.10. The van der Waals surface area contributed by atoms with Crippen LogP contribution >= 0.6 is 23.4 Å². The van der Waals surface area contributed by atoms with Crippen LogP contribution < -0.4 is 10.5 Å². The molecule has 0 spiro atoms. The normalized spacial score (nSPS) is 11.5. The zero-order chi connectivity index (χ0) is 15.6. The Hall–Kier alpha value is -1.53. The molecule has 0 aliphatic heterocycles. The van der Waals surface area contributed by atoms with Crippen molar-refractivity contribution < 1.29 is 17.9 Å². The van der Waals surface area contributed by atoms with Crippen molar-refractivity contribution in [3.05, 3.63) is 47.0 Å². The summed E-state index contributed by atoms with van der Waals surface area (Å²) in [5, 5.41) is -0.0249. The Morgan fingerprint density at radius 1 is 1.14 bits per heavy atom. The minimum atomic E-state index is -4.52. The fraction of sp³-hybridized carbons (Fsp3) is 0.143. The molecule has 0 aliphatic rings. The average molecular weight is 334 g/mol. The Morgan fingerprint density at radius 2 is 1.76 bits per heavy atom. The molecule has 2 aromatic carbocycles. The quantitative estimate of drug-likeness (QED) is 0.794. The molecule has 0 aliphatic carbocycles. The number of nitrogen functional groups attached to an aromatic ring is 1. The van der Waals surface area contributed by atoms with E-state index in [0.29, 0.717) is 10.6 Å². The number of hydrogen-bond donors (Lipinski definition) is 1. The van der Waals surface area contributed by atoms with Crippen LogP contribution in [-0.4, -0.2) is 7.11 Å². The molecule has 0 fully saturated rings. The molecule has 2 nitrogen and oxygen atoms in total. The van der Waals surface area contributed by atoms with Crippen molar-refractivity contribution in [3.8, 4) is 5.75 Å². The minimum absolute atomic E-state index is 0.0218. The summed E-state index contributed by atoms with van der Waals surface area (Å²) in [7, 11) is 1.51. The van der Waals surface area contributed by atoms with Gasteiger partial charge in [-0.15, -0.1) is 0 Å². The molecule has 21 heavy (non-hydrogen) atoms. The number of methoxy groups -OCH3 is 1. The fourth-order valence-corrected chi connectivity index (χ4v) is 2.98. The Bertz CT molecular complexity index is 644. The highest BCUT2D eigenvalue weighted by atomic mass is 35.5. The van der Waals surface area contributed by atoms with Gasteiger partial charge in [-0.1, -0.05) is 23.4 Å². The van der Waals surface area contributed by atoms with Gasteiger partial charge in [0.15, 0.2) is 0 Å². The Labute approximate surface area is 129 Å². The summed E-state index contributed by atoms with van der Waals surface area (Å²) >= 11 is 6.86. The number of rotatable bonds is 3. The van der Waals surface area contributed by atoms with Gasteiger partial charge < -0.3 is 10.5 Å². The highest BCUT2D eigenvalue weighted by Gasteiger charge is 2.35. The van der Waals surface area contributed by atoms with Gasteiger partial charge in [0.2, 0.25) is 0 Å². The molecule has 0 heterocycles. The van der Waals surface area contributed by atoms with Crippen LogP contribution in [0.1, 0.15) is 5.56 Å². The number of halogens is 4. The van der Waals surface area contributed by atoms with Crippen molar-refractivity contribution in [3.63, 3.8) is 0 Å². The number of hydrogen-bond acceptors (Lipinski definition) is 3. The number of ether oxygens (including phenoxy) is 1. The van der Waals surface area contributed by atoms with Gasteiger partial charge >= 0.3 is 6.18 Å². The first-order chi connectivity index (χ1) is 9.81. The zero-order valence-corrected chi connectivity index (χ0v) is 12.4. The van der Waals surface area contributed by atoms with Crippen molar-refractivity contribution >= 4 is 29.1 Å². The van der Waals surface area contributed by atoms with E-state index in [-0.39, 0.29) is 15.6 Å². The third-order valence-electron chi connectivity index (χ3n) is 2.65. The topological polar surface area (TPSA) is 35.2 Å². The molecule has 0 atom stereocenters. The largest absolute Gasteiger partial charge is 0.497 e. The van der Waals surface area contributed by atoms with E-state index in [1.807, 2.05) is 0 Å². The fourth-order valence-electron chi connectivity index (χ4n) is 1.69. The number of alkyl halides is 3. The highest BCUT2D eigenvalue weighted by molar-refractivity contribution is 7.99. The van der Waals surface area contributed by atoms with E-state index in [9.17, 15) is 13.2 Å². The Kier molecular flexibility index (Phi) is 4.58. The van der Waals surface area contributed by atoms with Crippen LogP contribution in [0.5, 0.6) is 5.75 Å². The predicted molar refractivity (Wildman–Crippen MR) is 78.0 cm³/mol. The molecule has 0 bridgehead atoms. The lowest BCUT2D eigenvalue weighted by atomic mass is 10.2. The van der Waals surface area contributed by atoms with Crippen LogP contribution in [-0.2, 0) is 6.18 Å². The van der Waals surface area contributed by atoms with Gasteiger partial charge in [0.1, 0.15) is 5.75 Å². The second kappa shape index (κ2) is 6.07. The van der Waals surface area contributed by atoms with Gasteiger partial charge in [-0.25, -0.2) is 0 Å². The van der Waals surface area contributed by atoms with Gasteiger partial charge in [-0.05, 0) is 36.4 Å². The molecule has 0 saturated carbocycles. The summed E-state index contributed by atoms with van der Waals surface area (Å²) < 4.78 is 44.3. The van der Waals surface area contributed by atoms with Crippen LogP contribution in [0.4, 0.5) is 18.9 Å². The van der Waals surface area contributed by atoms with E-state index in [0.717, 1.165) is 17.8 Å². The summed E-state index contributed by atoms with van der Waals surface area (Å²) in [6.45, 7) is 0. The van der Waals surface area contributed by atoms with Gasteiger partial charge in [-0.2, -0.15) is 13.2 Å². The van der Waals surface area contributed by atoms with Crippen LogP contribution in [0.15, 0.2) is 46.2 Å². The van der Waals surface area contributed by atoms with E-state index in [4.69, 9.17) is 22.1 Å². The van der Waals surface area contributed by atoms with E-state index in [1.54, 1.807) is 24.3 Å². The Morgan fingerprint density at radius 3 is 2.29 bits per heavy atom. The summed E-state index contributed by atoms with van der Waals surface area (Å²) in [5.74, 6) is 0.624. The first-order valence-corrected chi connectivity index (χ1v) is 6.99. The van der Waals surface area contributed by atoms with E-state index < -0.39 is 11.7 Å². The molecular weight excluding hydrogens is 323 g/mol. The summed E-state index contributed by atoms with van der Waals surface area (Å²) in [5.41, 5.74) is 4.58. The van der Waals surface area contributed by atoms with Crippen LogP contribution in [0.3, 0.4) is 0 Å². The van der Waals surface area contributed by atoms with Crippen molar-refractivity contribution in [1.29, 1.82) is 0 Å². The number of benzene rings is 2. The summed E-state index contributed by atoms with van der Waals surface area (Å²) in [4.78, 5) is 0.552. The maximum atomic E-state index is 13.1. The van der Waals surface area contributed by atoms with Crippen molar-refractivity contribution in [2.45, 2.75) is 16.0 Å². The molecule has 0 unspecified atom stereocenters. The standard InChI is InChI=1S/C14H11ClF3NOS/c1-20-9-2-4-10(5-3-9)21-13-11(14(16,17)18)6-8(19)7-12(13)15/h2-7H,19H2,1H3. The number of anilines is 1. The molecule has 2 N–H and O–H groups in total. The lowest BCUT2D eigenvalue weighted by molar-refractivity contribution is -0.139.